The van der Waals surface area contributed by atoms with Gasteiger partial charge in [0.2, 0.25) is 0 Å². The molecule has 0 bridgehead atoms. The number of piperazine rings is 1. The summed E-state index contributed by atoms with van der Waals surface area (Å²) in [6.45, 7) is 7.58. The molecule has 8 heteroatoms. The van der Waals surface area contributed by atoms with Crippen molar-refractivity contribution in [3.05, 3.63) is 75.6 Å². The molecule has 0 saturated carbocycles. The van der Waals surface area contributed by atoms with Gasteiger partial charge in [-0.3, -0.25) is 9.69 Å². The van der Waals surface area contributed by atoms with Crippen LogP contribution in [0.2, 0.25) is 5.02 Å². The minimum Gasteiger partial charge on any atom is -0.496 e. The molecule has 0 atom stereocenters. The Morgan fingerprint density at radius 1 is 1.09 bits per heavy atom. The lowest BCUT2D eigenvalue weighted by Gasteiger charge is -2.35. The number of carbonyl (C=O) groups excluding carboxylic acids is 1. The molecule has 33 heavy (non-hydrogen) atoms. The quantitative estimate of drug-likeness (QED) is 0.508. The van der Waals surface area contributed by atoms with Crippen molar-refractivity contribution in [3.8, 4) is 11.5 Å². The molecule has 3 aromatic rings. The zero-order valence-electron chi connectivity index (χ0n) is 19.1. The van der Waals surface area contributed by atoms with Crippen molar-refractivity contribution in [3.63, 3.8) is 0 Å². The summed E-state index contributed by atoms with van der Waals surface area (Å²) in [5.74, 6) is 2.09. The highest BCUT2D eigenvalue weighted by Gasteiger charge is 2.25. The zero-order valence-corrected chi connectivity index (χ0v) is 19.9. The van der Waals surface area contributed by atoms with Crippen LogP contribution in [-0.2, 0) is 13.2 Å². The van der Waals surface area contributed by atoms with Crippen LogP contribution in [0.3, 0.4) is 0 Å². The lowest BCUT2D eigenvalue weighted by atomic mass is 10.1. The second-order valence-corrected chi connectivity index (χ2v) is 8.55. The van der Waals surface area contributed by atoms with Crippen LogP contribution in [0.15, 0.2) is 47.0 Å². The van der Waals surface area contributed by atoms with Crippen LogP contribution in [0.25, 0.3) is 0 Å². The maximum atomic E-state index is 13.3. The SMILES string of the molecule is COc1ccc(Cl)cc1CN1CCN(C(=O)c2ccccc2OCc2c(C)noc2C)CC1. The summed E-state index contributed by atoms with van der Waals surface area (Å²) in [4.78, 5) is 17.5. The maximum absolute atomic E-state index is 13.3. The minimum atomic E-state index is -0.0238. The van der Waals surface area contributed by atoms with Crippen LogP contribution in [0.4, 0.5) is 0 Å². The molecule has 0 aliphatic carbocycles. The first-order valence-corrected chi connectivity index (χ1v) is 11.3. The van der Waals surface area contributed by atoms with E-state index >= 15 is 0 Å². The molecule has 0 unspecified atom stereocenters. The third-order valence-electron chi connectivity index (χ3n) is 5.97. The average Bonchev–Trinajstić information content (AvgIpc) is 3.15. The number of aromatic nitrogens is 1. The predicted octanol–water partition coefficient (Wildman–Crippen LogP) is 4.49. The molecule has 2 heterocycles. The van der Waals surface area contributed by atoms with Gasteiger partial charge in [0.1, 0.15) is 23.9 Å². The minimum absolute atomic E-state index is 0.0238. The number of methoxy groups -OCH3 is 1. The van der Waals surface area contributed by atoms with Gasteiger partial charge in [0.25, 0.3) is 5.91 Å². The Balaban J connectivity index is 1.39. The fourth-order valence-corrected chi connectivity index (χ4v) is 4.21. The molecule has 1 aliphatic rings. The number of nitrogens with zero attached hydrogens (tertiary/aromatic N) is 3. The number of halogens is 1. The van der Waals surface area contributed by atoms with Gasteiger partial charge in [-0.25, -0.2) is 0 Å². The van der Waals surface area contributed by atoms with Crippen molar-refractivity contribution in [2.75, 3.05) is 33.3 Å². The van der Waals surface area contributed by atoms with E-state index < -0.39 is 0 Å². The maximum Gasteiger partial charge on any atom is 0.257 e. The zero-order chi connectivity index (χ0) is 23.4. The number of ether oxygens (including phenoxy) is 2. The summed E-state index contributed by atoms with van der Waals surface area (Å²) in [7, 11) is 1.66. The number of amides is 1. The summed E-state index contributed by atoms with van der Waals surface area (Å²) in [6.07, 6.45) is 0. The van der Waals surface area contributed by atoms with E-state index in [0.717, 1.165) is 48.0 Å². The molecule has 1 saturated heterocycles. The van der Waals surface area contributed by atoms with Gasteiger partial charge in [-0.05, 0) is 44.2 Å². The number of hydrogen-bond donors (Lipinski definition) is 0. The largest absolute Gasteiger partial charge is 0.496 e. The van der Waals surface area contributed by atoms with Gasteiger partial charge >= 0.3 is 0 Å². The van der Waals surface area contributed by atoms with Crippen LogP contribution in [0.1, 0.15) is 32.9 Å². The highest BCUT2D eigenvalue weighted by atomic mass is 35.5. The van der Waals surface area contributed by atoms with Gasteiger partial charge in [-0.2, -0.15) is 0 Å². The van der Waals surface area contributed by atoms with Crippen molar-refractivity contribution < 1.29 is 18.8 Å². The van der Waals surface area contributed by atoms with Gasteiger partial charge in [0.05, 0.1) is 23.9 Å². The summed E-state index contributed by atoms with van der Waals surface area (Å²) in [5.41, 5.74) is 3.31. The van der Waals surface area contributed by atoms with Crippen molar-refractivity contribution in [1.82, 2.24) is 15.0 Å². The first-order valence-electron chi connectivity index (χ1n) is 10.9. The summed E-state index contributed by atoms with van der Waals surface area (Å²) < 4.78 is 16.7. The van der Waals surface area contributed by atoms with Crippen LogP contribution in [-0.4, -0.2) is 54.2 Å². The number of para-hydroxylation sites is 1. The highest BCUT2D eigenvalue weighted by molar-refractivity contribution is 6.30. The fraction of sp³-hybridized carbons (Fsp3) is 0.360. The summed E-state index contributed by atoms with van der Waals surface area (Å²) >= 11 is 6.17. The molecule has 174 valence electrons. The highest BCUT2D eigenvalue weighted by Crippen LogP contribution is 2.26. The van der Waals surface area contributed by atoms with Crippen molar-refractivity contribution in [2.45, 2.75) is 27.0 Å². The van der Waals surface area contributed by atoms with Gasteiger partial charge in [0.15, 0.2) is 0 Å². The van der Waals surface area contributed by atoms with Crippen molar-refractivity contribution in [1.29, 1.82) is 0 Å². The Morgan fingerprint density at radius 3 is 2.55 bits per heavy atom. The smallest absolute Gasteiger partial charge is 0.257 e. The summed E-state index contributed by atoms with van der Waals surface area (Å²) in [6, 6.07) is 13.0. The Kier molecular flexibility index (Phi) is 7.20. The first kappa shape index (κ1) is 23.1. The molecule has 2 aromatic carbocycles. The second kappa shape index (κ2) is 10.3. The number of carbonyl (C=O) groups is 1. The molecule has 0 radical (unpaired) electrons. The van der Waals surface area contributed by atoms with Crippen molar-refractivity contribution >= 4 is 17.5 Å². The van der Waals surface area contributed by atoms with Crippen molar-refractivity contribution in [2.24, 2.45) is 0 Å². The van der Waals surface area contributed by atoms with Crippen LogP contribution in [0.5, 0.6) is 11.5 Å². The number of rotatable bonds is 7. The van der Waals surface area contributed by atoms with Crippen LogP contribution in [0, 0.1) is 13.8 Å². The van der Waals surface area contributed by atoms with Gasteiger partial charge < -0.3 is 18.9 Å². The Hall–Kier alpha value is -3.03. The van der Waals surface area contributed by atoms with E-state index in [2.05, 4.69) is 10.1 Å². The average molecular weight is 470 g/mol. The van der Waals surface area contributed by atoms with E-state index in [0.29, 0.717) is 36.0 Å². The van der Waals surface area contributed by atoms with Gasteiger partial charge in [-0.15, -0.1) is 0 Å². The van der Waals surface area contributed by atoms with E-state index in [1.165, 1.54) is 0 Å². The first-order chi connectivity index (χ1) is 16.0. The molecule has 1 aromatic heterocycles. The van der Waals surface area contributed by atoms with Crippen LogP contribution >= 0.6 is 11.6 Å². The Bertz CT molecular complexity index is 1100. The van der Waals surface area contributed by atoms with E-state index in [1.807, 2.05) is 61.2 Å². The molecule has 0 spiro atoms. The monoisotopic (exact) mass is 469 g/mol. The van der Waals surface area contributed by atoms with E-state index in [4.69, 9.17) is 25.6 Å². The van der Waals surface area contributed by atoms with Gasteiger partial charge in [0, 0.05) is 43.3 Å². The molecule has 4 rings (SSSR count). The lowest BCUT2D eigenvalue weighted by molar-refractivity contribution is 0.0623. The predicted molar refractivity (Wildman–Crippen MR) is 126 cm³/mol. The third-order valence-corrected chi connectivity index (χ3v) is 6.20. The number of benzene rings is 2. The van der Waals surface area contributed by atoms with Crippen LogP contribution < -0.4 is 9.47 Å². The molecule has 7 nitrogen and oxygen atoms in total. The lowest BCUT2D eigenvalue weighted by Crippen LogP contribution is -2.48. The molecule has 1 aliphatic heterocycles. The van der Waals surface area contributed by atoms with E-state index in [1.54, 1.807) is 7.11 Å². The standard InChI is InChI=1S/C25H28ClN3O4/c1-17-22(18(2)33-27-17)16-32-24-7-5-4-6-21(24)25(30)29-12-10-28(11-13-29)15-19-14-20(26)8-9-23(19)31-3/h4-9,14H,10-13,15-16H2,1-3H3. The van der Waals surface area contributed by atoms with E-state index in [-0.39, 0.29) is 5.91 Å². The topological polar surface area (TPSA) is 68.0 Å². The molecular formula is C25H28ClN3O4. The summed E-state index contributed by atoms with van der Waals surface area (Å²) in [5, 5.41) is 4.65. The molecule has 1 fully saturated rings. The Morgan fingerprint density at radius 2 is 1.85 bits per heavy atom. The fourth-order valence-electron chi connectivity index (χ4n) is 4.02. The third kappa shape index (κ3) is 5.31. The normalized spacial score (nSPS) is 14.4. The molecule has 1 amide bonds. The molecule has 0 N–H and O–H groups in total. The van der Waals surface area contributed by atoms with Gasteiger partial charge in [-0.1, -0.05) is 28.9 Å². The Labute approximate surface area is 198 Å². The molecular weight excluding hydrogens is 442 g/mol. The second-order valence-electron chi connectivity index (χ2n) is 8.11. The number of hydrogen-bond acceptors (Lipinski definition) is 6. The van der Waals surface area contributed by atoms with E-state index in [9.17, 15) is 4.79 Å². The number of aryl methyl sites for hydroxylation is 2.